The average molecular weight is 191 g/mol. The Morgan fingerprint density at radius 2 is 1.75 bits per heavy atom. The van der Waals surface area contributed by atoms with Crippen LogP contribution >= 0.6 is 0 Å². The zero-order valence-electron chi connectivity index (χ0n) is 8.38. The minimum Gasteiger partial charge on any atom is -0.397 e. The van der Waals surface area contributed by atoms with Crippen molar-refractivity contribution in [2.24, 2.45) is 5.73 Å². The molecule has 3 nitrogen and oxygen atoms in total. The summed E-state index contributed by atoms with van der Waals surface area (Å²) in [7, 11) is -1.43. The Labute approximate surface area is 77.1 Å². The molecule has 0 amide bonds. The van der Waals surface area contributed by atoms with Gasteiger partial charge in [0.2, 0.25) is 0 Å². The van der Waals surface area contributed by atoms with Crippen LogP contribution in [-0.2, 0) is 8.85 Å². The smallest absolute Gasteiger partial charge is 0.324 e. The van der Waals surface area contributed by atoms with Crippen molar-refractivity contribution in [3.63, 3.8) is 0 Å². The van der Waals surface area contributed by atoms with Gasteiger partial charge in [-0.25, -0.2) is 0 Å². The first kappa shape index (κ1) is 12.1. The van der Waals surface area contributed by atoms with Crippen molar-refractivity contribution >= 4 is 9.28 Å². The Morgan fingerprint density at radius 3 is 2.08 bits per heavy atom. The van der Waals surface area contributed by atoms with Crippen LogP contribution in [-0.4, -0.2) is 29.0 Å². The molecule has 0 saturated heterocycles. The first-order valence-electron chi connectivity index (χ1n) is 4.69. The van der Waals surface area contributed by atoms with Gasteiger partial charge in [0, 0.05) is 13.2 Å². The lowest BCUT2D eigenvalue weighted by molar-refractivity contribution is 0.204. The van der Waals surface area contributed by atoms with Gasteiger partial charge in [-0.15, -0.1) is 0 Å². The summed E-state index contributed by atoms with van der Waals surface area (Å²) in [5.74, 6) is 0. The fourth-order valence-corrected chi connectivity index (χ4v) is 2.98. The van der Waals surface area contributed by atoms with Crippen molar-refractivity contribution in [3.05, 3.63) is 0 Å². The number of hydrogen-bond acceptors (Lipinski definition) is 3. The van der Waals surface area contributed by atoms with Crippen LogP contribution in [0.4, 0.5) is 0 Å². The van der Waals surface area contributed by atoms with Crippen molar-refractivity contribution in [2.45, 2.75) is 32.7 Å². The summed E-state index contributed by atoms with van der Waals surface area (Å²) in [5, 5.41) is 0. The molecular weight excluding hydrogens is 170 g/mol. The molecule has 0 fully saturated rings. The highest BCUT2D eigenvalue weighted by Crippen LogP contribution is 2.15. The molecule has 4 heteroatoms. The van der Waals surface area contributed by atoms with Crippen LogP contribution in [0, 0.1) is 0 Å². The van der Waals surface area contributed by atoms with Gasteiger partial charge in [0.15, 0.2) is 0 Å². The van der Waals surface area contributed by atoms with Crippen LogP contribution in [0.25, 0.3) is 0 Å². The molecule has 74 valence electrons. The Hall–Kier alpha value is 0.0969. The molecule has 0 aliphatic carbocycles. The molecule has 0 aromatic rings. The zero-order chi connectivity index (χ0) is 9.40. The molecule has 12 heavy (non-hydrogen) atoms. The highest BCUT2D eigenvalue weighted by Gasteiger charge is 2.20. The van der Waals surface area contributed by atoms with Gasteiger partial charge < -0.3 is 14.6 Å². The Morgan fingerprint density at radius 1 is 1.25 bits per heavy atom. The molecular formula is C8H21NO2Si. The molecule has 0 radical (unpaired) electrons. The second-order valence-electron chi connectivity index (χ2n) is 2.83. The van der Waals surface area contributed by atoms with Gasteiger partial charge in [-0.1, -0.05) is 6.92 Å². The molecule has 0 aromatic heterocycles. The van der Waals surface area contributed by atoms with Gasteiger partial charge in [-0.05, 0) is 32.4 Å². The van der Waals surface area contributed by atoms with Gasteiger partial charge in [0.25, 0.3) is 0 Å². The van der Waals surface area contributed by atoms with Gasteiger partial charge in [-0.3, -0.25) is 0 Å². The van der Waals surface area contributed by atoms with Gasteiger partial charge in [0.05, 0.1) is 0 Å². The van der Waals surface area contributed by atoms with Crippen molar-refractivity contribution in [1.29, 1.82) is 0 Å². The molecule has 1 unspecified atom stereocenters. The van der Waals surface area contributed by atoms with E-state index in [1.165, 1.54) is 0 Å². The highest BCUT2D eigenvalue weighted by atomic mass is 28.3. The third-order valence-corrected chi connectivity index (χ3v) is 4.33. The van der Waals surface area contributed by atoms with E-state index in [0.717, 1.165) is 26.2 Å². The molecule has 0 heterocycles. The molecule has 0 spiro atoms. The van der Waals surface area contributed by atoms with E-state index in [-0.39, 0.29) is 0 Å². The third-order valence-electron chi connectivity index (χ3n) is 1.75. The van der Waals surface area contributed by atoms with E-state index in [1.54, 1.807) is 0 Å². The zero-order valence-corrected chi connectivity index (χ0v) is 9.53. The minimum atomic E-state index is -1.43. The Bertz CT molecular complexity index is 97.1. The molecule has 1 atom stereocenters. The largest absolute Gasteiger partial charge is 0.397 e. The summed E-state index contributed by atoms with van der Waals surface area (Å²) in [5.41, 5.74) is 5.99. The lowest BCUT2D eigenvalue weighted by Gasteiger charge is -2.20. The van der Waals surface area contributed by atoms with E-state index < -0.39 is 9.28 Å². The fraction of sp³-hybridized carbons (Fsp3) is 1.00. The first-order valence-corrected chi connectivity index (χ1v) is 6.30. The topological polar surface area (TPSA) is 44.5 Å². The van der Waals surface area contributed by atoms with E-state index in [0.29, 0.717) is 5.54 Å². The van der Waals surface area contributed by atoms with E-state index in [1.807, 2.05) is 13.8 Å². The molecule has 0 aliphatic heterocycles. The van der Waals surface area contributed by atoms with E-state index >= 15 is 0 Å². The number of hydrogen-bond donors (Lipinski definition) is 1. The first-order chi connectivity index (χ1) is 5.76. The molecule has 0 rings (SSSR count). The van der Waals surface area contributed by atoms with Gasteiger partial charge in [0.1, 0.15) is 0 Å². The maximum atomic E-state index is 5.56. The second-order valence-corrected chi connectivity index (χ2v) is 5.38. The van der Waals surface area contributed by atoms with Crippen LogP contribution in [0.5, 0.6) is 0 Å². The van der Waals surface area contributed by atoms with Crippen LogP contribution in [0.3, 0.4) is 0 Å². The second kappa shape index (κ2) is 7.73. The highest BCUT2D eigenvalue weighted by molar-refractivity contribution is 6.46. The lowest BCUT2D eigenvalue weighted by Crippen LogP contribution is -2.29. The molecule has 0 bridgehead atoms. The SMILES string of the molecule is CCO[SiH](OCC)C(C)CCN. The third kappa shape index (κ3) is 4.87. The quantitative estimate of drug-likeness (QED) is 0.611. The fourth-order valence-electron chi connectivity index (χ4n) is 1.10. The van der Waals surface area contributed by atoms with Crippen molar-refractivity contribution in [3.8, 4) is 0 Å². The van der Waals surface area contributed by atoms with E-state index in [9.17, 15) is 0 Å². The standard InChI is InChI=1S/C8H21NO2Si/c1-4-10-12(11-5-2)8(3)6-7-9/h8,12H,4-7,9H2,1-3H3. The van der Waals surface area contributed by atoms with Crippen molar-refractivity contribution < 1.29 is 8.85 Å². The van der Waals surface area contributed by atoms with Crippen LogP contribution in [0.15, 0.2) is 0 Å². The summed E-state index contributed by atoms with van der Waals surface area (Å²) < 4.78 is 11.1. The number of nitrogens with two attached hydrogens (primary N) is 1. The van der Waals surface area contributed by atoms with Crippen LogP contribution < -0.4 is 5.73 Å². The maximum Gasteiger partial charge on any atom is 0.324 e. The van der Waals surface area contributed by atoms with Crippen LogP contribution in [0.2, 0.25) is 5.54 Å². The van der Waals surface area contributed by atoms with Crippen molar-refractivity contribution in [2.75, 3.05) is 19.8 Å². The predicted octanol–water partition coefficient (Wildman–Crippen LogP) is 1.02. The summed E-state index contributed by atoms with van der Waals surface area (Å²) in [4.78, 5) is 0. The Kier molecular flexibility index (Phi) is 7.79. The van der Waals surface area contributed by atoms with E-state index in [2.05, 4.69) is 6.92 Å². The summed E-state index contributed by atoms with van der Waals surface area (Å²) in [6.07, 6.45) is 1.01. The molecule has 0 aliphatic rings. The number of rotatable bonds is 7. The average Bonchev–Trinajstić information content (AvgIpc) is 2.04. The molecule has 0 aromatic carbocycles. The van der Waals surface area contributed by atoms with Crippen LogP contribution in [0.1, 0.15) is 27.2 Å². The Balaban J connectivity index is 3.72. The molecule has 0 saturated carbocycles. The summed E-state index contributed by atoms with van der Waals surface area (Å²) in [6, 6.07) is 0. The monoisotopic (exact) mass is 191 g/mol. The van der Waals surface area contributed by atoms with Gasteiger partial charge >= 0.3 is 9.28 Å². The lowest BCUT2D eigenvalue weighted by atomic mass is 10.3. The van der Waals surface area contributed by atoms with E-state index in [4.69, 9.17) is 14.6 Å². The predicted molar refractivity (Wildman–Crippen MR) is 53.5 cm³/mol. The molecule has 2 N–H and O–H groups in total. The normalized spacial score (nSPS) is 13.8. The van der Waals surface area contributed by atoms with Gasteiger partial charge in [-0.2, -0.15) is 0 Å². The minimum absolute atomic E-state index is 0.523. The maximum absolute atomic E-state index is 5.56. The summed E-state index contributed by atoms with van der Waals surface area (Å²) >= 11 is 0. The summed E-state index contributed by atoms with van der Waals surface area (Å²) in [6.45, 7) is 8.42. The van der Waals surface area contributed by atoms with Crippen molar-refractivity contribution in [1.82, 2.24) is 0 Å².